The van der Waals surface area contributed by atoms with Gasteiger partial charge in [-0.1, -0.05) is 27.2 Å². The highest BCUT2D eigenvalue weighted by Crippen LogP contribution is 2.41. The molecule has 0 amide bonds. The minimum Gasteiger partial charge on any atom is -0.414 e. The van der Waals surface area contributed by atoms with Gasteiger partial charge in [0.05, 0.1) is 0 Å². The Morgan fingerprint density at radius 2 is 1.64 bits per heavy atom. The van der Waals surface area contributed by atoms with Gasteiger partial charge in [-0.2, -0.15) is 0 Å². The molecule has 0 heterocycles. The third-order valence-electron chi connectivity index (χ3n) is 3.07. The average Bonchev–Trinajstić information content (AvgIpc) is 2.29. The van der Waals surface area contributed by atoms with E-state index in [0.29, 0.717) is 11.5 Å². The summed E-state index contributed by atoms with van der Waals surface area (Å²) in [5.74, 6) is 0.772. The van der Waals surface area contributed by atoms with Crippen LogP contribution in [0, 0.1) is 11.3 Å². The van der Waals surface area contributed by atoms with Crippen molar-refractivity contribution in [1.29, 1.82) is 0 Å². The predicted octanol–water partition coefficient (Wildman–Crippen LogP) is 4.05. The summed E-state index contributed by atoms with van der Waals surface area (Å²) in [5.41, 5.74) is 0.417. The van der Waals surface area contributed by atoms with E-state index in [2.05, 4.69) is 40.4 Å². The van der Waals surface area contributed by atoms with Crippen molar-refractivity contribution in [1.82, 2.24) is 0 Å². The van der Waals surface area contributed by atoms with Crippen molar-refractivity contribution in [2.45, 2.75) is 65.8 Å². The van der Waals surface area contributed by atoms with Crippen molar-refractivity contribution in [3.05, 3.63) is 0 Å². The molecule has 0 radical (unpaired) electrons. The summed E-state index contributed by atoms with van der Waals surface area (Å²) in [7, 11) is -1.34. The molecule has 0 spiro atoms. The first kappa shape index (κ1) is 12.2. The van der Waals surface area contributed by atoms with Gasteiger partial charge in [-0.25, -0.2) is 0 Å². The fourth-order valence-corrected chi connectivity index (χ4v) is 3.70. The Hall–Kier alpha value is 0.177. The molecule has 1 rings (SSSR count). The zero-order chi connectivity index (χ0) is 11.0. The van der Waals surface area contributed by atoms with E-state index in [1.54, 1.807) is 0 Å². The van der Waals surface area contributed by atoms with Crippen LogP contribution in [0.25, 0.3) is 0 Å². The molecule has 0 aromatic heterocycles. The van der Waals surface area contributed by atoms with Crippen LogP contribution in [0.1, 0.15) is 40.0 Å². The maximum atomic E-state index is 6.28. The van der Waals surface area contributed by atoms with Crippen LogP contribution in [0.2, 0.25) is 19.6 Å². The second-order valence-corrected chi connectivity index (χ2v) is 11.1. The molecule has 0 N–H and O–H groups in total. The minimum absolute atomic E-state index is 0.417. The summed E-state index contributed by atoms with van der Waals surface area (Å²) in [6.07, 6.45) is 4.55. The van der Waals surface area contributed by atoms with E-state index in [1.807, 2.05) is 0 Å². The van der Waals surface area contributed by atoms with E-state index < -0.39 is 8.32 Å². The van der Waals surface area contributed by atoms with Gasteiger partial charge in [0.1, 0.15) is 0 Å². The molecule has 84 valence electrons. The number of hydrogen-bond acceptors (Lipinski definition) is 1. The molecule has 14 heavy (non-hydrogen) atoms. The van der Waals surface area contributed by atoms with Crippen LogP contribution >= 0.6 is 0 Å². The third kappa shape index (κ3) is 3.39. The van der Waals surface area contributed by atoms with Gasteiger partial charge in [0.2, 0.25) is 0 Å². The Kier molecular flexibility index (Phi) is 3.48. The minimum atomic E-state index is -1.34. The molecule has 0 aromatic rings. The fraction of sp³-hybridized carbons (Fsp3) is 1.00. The Balaban J connectivity index is 2.61. The lowest BCUT2D eigenvalue weighted by Gasteiger charge is -2.35. The van der Waals surface area contributed by atoms with Crippen molar-refractivity contribution in [3.8, 4) is 0 Å². The molecule has 1 aliphatic carbocycles. The standard InChI is InChI=1S/C12H26OSi/c1-12(2,3)10-8-7-9-11(10)13-14(4,5)6/h10-11H,7-9H2,1-6H3. The summed E-state index contributed by atoms with van der Waals surface area (Å²) < 4.78 is 6.28. The monoisotopic (exact) mass is 214 g/mol. The lowest BCUT2D eigenvalue weighted by Crippen LogP contribution is -2.38. The summed E-state index contributed by atoms with van der Waals surface area (Å²) in [6.45, 7) is 13.9. The molecular weight excluding hydrogens is 188 g/mol. The van der Waals surface area contributed by atoms with Crippen LogP contribution in [-0.4, -0.2) is 14.4 Å². The molecule has 2 heteroatoms. The topological polar surface area (TPSA) is 9.23 Å². The normalized spacial score (nSPS) is 29.6. The van der Waals surface area contributed by atoms with Gasteiger partial charge in [-0.3, -0.25) is 0 Å². The smallest absolute Gasteiger partial charge is 0.184 e. The first-order valence-corrected chi connectivity index (χ1v) is 9.29. The van der Waals surface area contributed by atoms with Crippen LogP contribution in [0.4, 0.5) is 0 Å². The fourth-order valence-electron chi connectivity index (χ4n) is 2.51. The third-order valence-corrected chi connectivity index (χ3v) is 4.08. The highest BCUT2D eigenvalue weighted by Gasteiger charge is 2.38. The van der Waals surface area contributed by atoms with E-state index in [9.17, 15) is 0 Å². The zero-order valence-electron chi connectivity index (χ0n) is 10.7. The molecule has 0 aromatic carbocycles. The summed E-state index contributed by atoms with van der Waals surface area (Å²) in [5, 5.41) is 0. The van der Waals surface area contributed by atoms with Crippen LogP contribution < -0.4 is 0 Å². The molecule has 1 saturated carbocycles. The second kappa shape index (κ2) is 3.97. The Morgan fingerprint density at radius 1 is 1.07 bits per heavy atom. The average molecular weight is 214 g/mol. The number of hydrogen-bond donors (Lipinski definition) is 0. The quantitative estimate of drug-likeness (QED) is 0.630. The van der Waals surface area contributed by atoms with Gasteiger partial charge in [0, 0.05) is 6.10 Å². The first-order chi connectivity index (χ1) is 6.20. The van der Waals surface area contributed by atoms with Crippen LogP contribution in [0.5, 0.6) is 0 Å². The van der Waals surface area contributed by atoms with E-state index in [4.69, 9.17) is 4.43 Å². The molecule has 0 saturated heterocycles. The van der Waals surface area contributed by atoms with E-state index >= 15 is 0 Å². The van der Waals surface area contributed by atoms with Gasteiger partial charge in [0.15, 0.2) is 8.32 Å². The molecule has 2 atom stereocenters. The van der Waals surface area contributed by atoms with Gasteiger partial charge in [-0.15, -0.1) is 0 Å². The Morgan fingerprint density at radius 3 is 2.07 bits per heavy atom. The summed E-state index contributed by atoms with van der Waals surface area (Å²) >= 11 is 0. The van der Waals surface area contributed by atoms with Gasteiger partial charge in [-0.05, 0) is 43.8 Å². The molecule has 1 nitrogen and oxygen atoms in total. The molecule has 2 unspecified atom stereocenters. The van der Waals surface area contributed by atoms with Crippen molar-refractivity contribution < 1.29 is 4.43 Å². The van der Waals surface area contributed by atoms with Crippen LogP contribution in [0.3, 0.4) is 0 Å². The summed E-state index contributed by atoms with van der Waals surface area (Å²) in [4.78, 5) is 0. The molecule has 1 fully saturated rings. The highest BCUT2D eigenvalue weighted by atomic mass is 28.4. The van der Waals surface area contributed by atoms with E-state index in [0.717, 1.165) is 5.92 Å². The molecule has 0 bridgehead atoms. The summed E-state index contributed by atoms with van der Waals surface area (Å²) in [6, 6.07) is 0. The molecule has 1 aliphatic rings. The largest absolute Gasteiger partial charge is 0.414 e. The molecular formula is C12H26OSi. The van der Waals surface area contributed by atoms with Gasteiger partial charge in [0.25, 0.3) is 0 Å². The predicted molar refractivity (Wildman–Crippen MR) is 65.0 cm³/mol. The molecule has 0 aliphatic heterocycles. The SMILES string of the molecule is CC(C)(C)C1CCCC1O[Si](C)(C)C. The second-order valence-electron chi connectivity index (χ2n) is 6.67. The van der Waals surface area contributed by atoms with Crippen LogP contribution in [-0.2, 0) is 4.43 Å². The lowest BCUT2D eigenvalue weighted by atomic mass is 9.78. The van der Waals surface area contributed by atoms with Gasteiger partial charge < -0.3 is 4.43 Å². The van der Waals surface area contributed by atoms with E-state index in [-0.39, 0.29) is 0 Å². The van der Waals surface area contributed by atoms with Crippen molar-refractivity contribution in [2.24, 2.45) is 11.3 Å². The van der Waals surface area contributed by atoms with Crippen molar-refractivity contribution >= 4 is 8.32 Å². The maximum Gasteiger partial charge on any atom is 0.184 e. The maximum absolute atomic E-state index is 6.28. The van der Waals surface area contributed by atoms with E-state index in [1.165, 1.54) is 19.3 Å². The van der Waals surface area contributed by atoms with Crippen LogP contribution in [0.15, 0.2) is 0 Å². The zero-order valence-corrected chi connectivity index (χ0v) is 11.7. The number of rotatable bonds is 2. The van der Waals surface area contributed by atoms with Gasteiger partial charge >= 0.3 is 0 Å². The van der Waals surface area contributed by atoms with Crippen molar-refractivity contribution in [2.75, 3.05) is 0 Å². The Labute approximate surface area is 90.4 Å². The Bertz CT molecular complexity index is 187. The highest BCUT2D eigenvalue weighted by molar-refractivity contribution is 6.69. The van der Waals surface area contributed by atoms with Crippen molar-refractivity contribution in [3.63, 3.8) is 0 Å². The first-order valence-electron chi connectivity index (χ1n) is 5.88. The lowest BCUT2D eigenvalue weighted by molar-refractivity contribution is 0.0823.